The number of amides is 2. The van der Waals surface area contributed by atoms with Crippen molar-refractivity contribution in [3.05, 3.63) is 93.4 Å². The van der Waals surface area contributed by atoms with Crippen LogP contribution in [0.4, 0.5) is 20.6 Å². The van der Waals surface area contributed by atoms with Gasteiger partial charge in [-0.05, 0) is 54.8 Å². The van der Waals surface area contributed by atoms with Gasteiger partial charge in [0, 0.05) is 40.6 Å². The van der Waals surface area contributed by atoms with Crippen LogP contribution in [0.1, 0.15) is 43.5 Å². The molecule has 3 N–H and O–H groups in total. The third kappa shape index (κ3) is 5.70. The highest BCUT2D eigenvalue weighted by Crippen LogP contribution is 2.35. The Kier molecular flexibility index (Phi) is 7.99. The van der Waals surface area contributed by atoms with E-state index in [-0.39, 0.29) is 33.5 Å². The van der Waals surface area contributed by atoms with Gasteiger partial charge in [0.15, 0.2) is 5.82 Å². The summed E-state index contributed by atoms with van der Waals surface area (Å²) < 4.78 is 16.2. The van der Waals surface area contributed by atoms with Gasteiger partial charge in [0.25, 0.3) is 5.56 Å². The molecule has 0 saturated carbocycles. The third-order valence-electron chi connectivity index (χ3n) is 7.15. The van der Waals surface area contributed by atoms with Crippen LogP contribution >= 0.6 is 11.6 Å². The first kappa shape index (κ1) is 28.4. The van der Waals surface area contributed by atoms with Crippen LogP contribution in [0, 0.1) is 23.1 Å². The summed E-state index contributed by atoms with van der Waals surface area (Å²) >= 11 is 5.94. The van der Waals surface area contributed by atoms with Gasteiger partial charge in [-0.2, -0.15) is 10.4 Å². The van der Waals surface area contributed by atoms with Gasteiger partial charge in [-0.3, -0.25) is 19.9 Å². The van der Waals surface area contributed by atoms with Crippen molar-refractivity contribution >= 4 is 35.0 Å². The van der Waals surface area contributed by atoms with E-state index in [9.17, 15) is 24.0 Å². The summed E-state index contributed by atoms with van der Waals surface area (Å²) in [4.78, 5) is 42.2. The fraction of sp³-hybridized carbons (Fsp3) is 0.200. The standard InChI is InChI=1S/C30H24ClFN6O4/c1-16-3-2-4-25(38-26(39)12-19(15-35-38)27-18(14-33)5-8-22(31)28(27)32)24-11-17(9-10-34-24)21-7-6-20(36-30(41)42)13-23(21)37-29(16)40/h5-13,15-16,25,36H,2-4H2,1H3,(H,37,40)(H,41,42)/t16-,25+/m1/s1. The maximum atomic E-state index is 14.9. The van der Waals surface area contributed by atoms with Gasteiger partial charge in [0.2, 0.25) is 5.91 Å². The quantitative estimate of drug-likeness (QED) is 0.263. The van der Waals surface area contributed by atoms with Crippen molar-refractivity contribution in [1.29, 1.82) is 5.26 Å². The Bertz CT molecular complexity index is 1820. The monoisotopic (exact) mass is 586 g/mol. The Morgan fingerprint density at radius 3 is 2.71 bits per heavy atom. The van der Waals surface area contributed by atoms with E-state index < -0.39 is 23.5 Å². The second kappa shape index (κ2) is 11.8. The van der Waals surface area contributed by atoms with Crippen molar-refractivity contribution < 1.29 is 19.1 Å². The van der Waals surface area contributed by atoms with Gasteiger partial charge >= 0.3 is 6.09 Å². The molecule has 1 aliphatic heterocycles. The van der Waals surface area contributed by atoms with Gasteiger partial charge in [0.1, 0.15) is 0 Å². The first-order valence-corrected chi connectivity index (χ1v) is 13.4. The molecule has 0 aliphatic carbocycles. The van der Waals surface area contributed by atoms with Gasteiger partial charge < -0.3 is 10.4 Å². The zero-order chi connectivity index (χ0) is 30.0. The van der Waals surface area contributed by atoms with Crippen molar-refractivity contribution in [3.8, 4) is 28.3 Å². The lowest BCUT2D eigenvalue weighted by molar-refractivity contribution is -0.119. The molecular formula is C30H24ClFN6O4. The van der Waals surface area contributed by atoms with E-state index in [4.69, 9.17) is 16.7 Å². The first-order chi connectivity index (χ1) is 20.2. The van der Waals surface area contributed by atoms with E-state index in [1.807, 2.05) is 6.07 Å². The molecule has 212 valence electrons. The minimum atomic E-state index is -1.23. The number of carboxylic acid groups (broad SMARTS) is 1. The predicted octanol–water partition coefficient (Wildman–Crippen LogP) is 6.07. The predicted molar refractivity (Wildman–Crippen MR) is 155 cm³/mol. The molecule has 2 aromatic heterocycles. The Labute approximate surface area is 244 Å². The Morgan fingerprint density at radius 1 is 1.17 bits per heavy atom. The summed E-state index contributed by atoms with van der Waals surface area (Å²) in [6.45, 7) is 1.79. The molecule has 0 spiro atoms. The third-order valence-corrected chi connectivity index (χ3v) is 7.44. The first-order valence-electron chi connectivity index (χ1n) is 13.0. The number of carbonyl (C=O) groups is 2. The highest BCUT2D eigenvalue weighted by molar-refractivity contribution is 6.31. The van der Waals surface area contributed by atoms with Gasteiger partial charge in [0.05, 0.1) is 40.3 Å². The summed E-state index contributed by atoms with van der Waals surface area (Å²) in [5.74, 6) is -1.43. The number of halogens is 2. The zero-order valence-corrected chi connectivity index (χ0v) is 23.0. The molecule has 0 unspecified atom stereocenters. The number of hydrogen-bond donors (Lipinski definition) is 3. The van der Waals surface area contributed by atoms with Crippen molar-refractivity contribution in [3.63, 3.8) is 0 Å². The molecule has 2 atom stereocenters. The minimum Gasteiger partial charge on any atom is -0.465 e. The van der Waals surface area contributed by atoms with Crippen LogP contribution in [0.25, 0.3) is 22.3 Å². The van der Waals surface area contributed by atoms with E-state index in [1.165, 1.54) is 29.1 Å². The van der Waals surface area contributed by atoms with Crippen LogP contribution in [0.15, 0.2) is 65.7 Å². The minimum absolute atomic E-state index is 0.0175. The number of fused-ring (bicyclic) bond motifs is 4. The molecule has 1 aliphatic rings. The summed E-state index contributed by atoms with van der Waals surface area (Å²) in [5.41, 5.74) is 2.06. The number of carbonyl (C=O) groups excluding carboxylic acids is 1. The van der Waals surface area contributed by atoms with Crippen LogP contribution < -0.4 is 16.2 Å². The van der Waals surface area contributed by atoms with Crippen molar-refractivity contribution in [2.24, 2.45) is 5.92 Å². The molecule has 4 aromatic rings. The number of rotatable bonds is 3. The molecule has 12 heteroatoms. The second-order valence-corrected chi connectivity index (χ2v) is 10.3. The number of benzene rings is 2. The molecule has 2 amide bonds. The van der Waals surface area contributed by atoms with E-state index >= 15 is 0 Å². The topological polar surface area (TPSA) is 150 Å². The molecule has 0 fully saturated rings. The van der Waals surface area contributed by atoms with Crippen LogP contribution in [0.5, 0.6) is 0 Å². The summed E-state index contributed by atoms with van der Waals surface area (Å²) in [6, 6.07) is 13.5. The van der Waals surface area contributed by atoms with Gasteiger partial charge in [-0.1, -0.05) is 31.0 Å². The van der Waals surface area contributed by atoms with E-state index in [0.29, 0.717) is 47.5 Å². The van der Waals surface area contributed by atoms with Crippen molar-refractivity contribution in [2.45, 2.75) is 32.2 Å². The lowest BCUT2D eigenvalue weighted by Crippen LogP contribution is -2.29. The van der Waals surface area contributed by atoms with Gasteiger partial charge in [-0.15, -0.1) is 0 Å². The van der Waals surface area contributed by atoms with Crippen LogP contribution in [0.3, 0.4) is 0 Å². The van der Waals surface area contributed by atoms with Crippen LogP contribution in [-0.4, -0.2) is 31.9 Å². The number of nitriles is 1. The number of nitrogens with zero attached hydrogens (tertiary/aromatic N) is 4. The smallest absolute Gasteiger partial charge is 0.409 e. The molecule has 2 bridgehead atoms. The molecule has 42 heavy (non-hydrogen) atoms. The Hall–Kier alpha value is -5.08. The largest absolute Gasteiger partial charge is 0.465 e. The zero-order valence-electron chi connectivity index (χ0n) is 22.3. The van der Waals surface area contributed by atoms with E-state index in [1.54, 1.807) is 43.5 Å². The number of aromatic nitrogens is 3. The average molecular weight is 587 g/mol. The van der Waals surface area contributed by atoms with Crippen LogP contribution in [-0.2, 0) is 4.79 Å². The summed E-state index contributed by atoms with van der Waals surface area (Å²) in [7, 11) is 0. The Balaban J connectivity index is 1.61. The molecule has 5 rings (SSSR count). The molecule has 2 aromatic carbocycles. The number of anilines is 2. The molecule has 10 nitrogen and oxygen atoms in total. The Morgan fingerprint density at radius 2 is 1.98 bits per heavy atom. The lowest BCUT2D eigenvalue weighted by Gasteiger charge is -2.22. The van der Waals surface area contributed by atoms with E-state index in [0.717, 1.165) is 0 Å². The molecule has 3 heterocycles. The lowest BCUT2D eigenvalue weighted by atomic mass is 9.95. The molecular weight excluding hydrogens is 563 g/mol. The van der Waals surface area contributed by atoms with Crippen LogP contribution in [0.2, 0.25) is 5.02 Å². The molecule has 0 radical (unpaired) electrons. The normalized spacial score (nSPS) is 16.7. The fourth-order valence-electron chi connectivity index (χ4n) is 5.01. The highest BCUT2D eigenvalue weighted by Gasteiger charge is 2.24. The summed E-state index contributed by atoms with van der Waals surface area (Å²) in [5, 5.41) is 28.0. The maximum Gasteiger partial charge on any atom is 0.409 e. The second-order valence-electron chi connectivity index (χ2n) is 9.92. The van der Waals surface area contributed by atoms with Crippen molar-refractivity contribution in [1.82, 2.24) is 14.8 Å². The molecule has 0 saturated heterocycles. The number of pyridine rings is 1. The average Bonchev–Trinajstić information content (AvgIpc) is 2.96. The fourth-order valence-corrected chi connectivity index (χ4v) is 5.17. The van der Waals surface area contributed by atoms with Gasteiger partial charge in [-0.25, -0.2) is 13.9 Å². The maximum absolute atomic E-state index is 14.9. The number of hydrogen-bond acceptors (Lipinski definition) is 6. The number of nitrogens with one attached hydrogen (secondary N) is 2. The van der Waals surface area contributed by atoms with Crippen molar-refractivity contribution in [2.75, 3.05) is 10.6 Å². The summed E-state index contributed by atoms with van der Waals surface area (Å²) in [6.07, 6.45) is 3.15. The SMILES string of the molecule is C[C@@H]1CCC[C@H](n2ncc(-c3c(C#N)ccc(Cl)c3F)cc2=O)c2cc(ccn2)-c2ccc(NC(=O)O)cc2NC1=O. The van der Waals surface area contributed by atoms with E-state index in [2.05, 4.69) is 20.7 Å². The highest BCUT2D eigenvalue weighted by atomic mass is 35.5.